The van der Waals surface area contributed by atoms with E-state index >= 15 is 0 Å². The van der Waals surface area contributed by atoms with Gasteiger partial charge in [0.15, 0.2) is 0 Å². The van der Waals surface area contributed by atoms with Crippen LogP contribution < -0.4 is 10.2 Å². The summed E-state index contributed by atoms with van der Waals surface area (Å²) in [6, 6.07) is 9.21. The van der Waals surface area contributed by atoms with Crippen molar-refractivity contribution in [3.63, 3.8) is 0 Å². The molecule has 1 aliphatic rings. The summed E-state index contributed by atoms with van der Waals surface area (Å²) in [7, 11) is 0. The third-order valence-electron chi connectivity index (χ3n) is 3.55. The molecule has 114 valence electrons. The van der Waals surface area contributed by atoms with E-state index in [0.717, 1.165) is 35.2 Å². The average molecular weight is 379 g/mol. The van der Waals surface area contributed by atoms with Crippen LogP contribution in [0.2, 0.25) is 0 Å². The molecule has 1 N–H and O–H groups in total. The highest BCUT2D eigenvalue weighted by Gasteiger charge is 2.19. The Morgan fingerprint density at radius 1 is 1.23 bits per heavy atom. The Bertz CT molecular complexity index is 696. The molecule has 1 saturated heterocycles. The van der Waals surface area contributed by atoms with E-state index < -0.39 is 0 Å². The van der Waals surface area contributed by atoms with Crippen molar-refractivity contribution in [2.24, 2.45) is 0 Å². The number of anilines is 2. The smallest absolute Gasteiger partial charge is 0.265 e. The molecule has 1 aromatic heterocycles. The fourth-order valence-electron chi connectivity index (χ4n) is 2.43. The van der Waals surface area contributed by atoms with Crippen LogP contribution in [0.1, 0.15) is 28.9 Å². The maximum atomic E-state index is 12.1. The molecule has 3 rings (SSSR count). The van der Waals surface area contributed by atoms with Crippen LogP contribution in [0.25, 0.3) is 0 Å². The number of benzene rings is 1. The van der Waals surface area contributed by atoms with Crippen LogP contribution in [0.5, 0.6) is 0 Å². The molecule has 0 aliphatic carbocycles. The zero-order valence-corrected chi connectivity index (χ0v) is 14.2. The quantitative estimate of drug-likeness (QED) is 0.866. The zero-order valence-electron chi connectivity index (χ0n) is 11.8. The largest absolute Gasteiger partial charge is 0.321 e. The standard InChI is InChI=1S/C16H15BrN2O2S/c17-11-9-14(22-10-11)16(21)18-12-4-6-13(7-5-12)19-8-2-1-3-15(19)20/h4-7,9-10H,1-3,8H2,(H,18,21). The van der Waals surface area contributed by atoms with Crippen molar-refractivity contribution < 1.29 is 9.59 Å². The highest BCUT2D eigenvalue weighted by atomic mass is 79.9. The molecule has 0 unspecified atom stereocenters. The summed E-state index contributed by atoms with van der Waals surface area (Å²) in [5.41, 5.74) is 1.62. The molecule has 0 radical (unpaired) electrons. The van der Waals surface area contributed by atoms with Crippen molar-refractivity contribution in [2.45, 2.75) is 19.3 Å². The minimum Gasteiger partial charge on any atom is -0.321 e. The highest BCUT2D eigenvalue weighted by molar-refractivity contribution is 9.10. The van der Waals surface area contributed by atoms with Gasteiger partial charge in [0.2, 0.25) is 5.91 Å². The van der Waals surface area contributed by atoms with Crippen molar-refractivity contribution in [1.29, 1.82) is 0 Å². The number of piperidine rings is 1. The highest BCUT2D eigenvalue weighted by Crippen LogP contribution is 2.24. The Morgan fingerprint density at radius 2 is 2.00 bits per heavy atom. The predicted octanol–water partition coefficient (Wildman–Crippen LogP) is 4.28. The molecule has 0 spiro atoms. The fourth-order valence-corrected chi connectivity index (χ4v) is 3.75. The average Bonchev–Trinajstić information content (AvgIpc) is 2.95. The Kier molecular flexibility index (Phi) is 4.59. The number of hydrogen-bond acceptors (Lipinski definition) is 3. The van der Waals surface area contributed by atoms with Gasteiger partial charge in [0.1, 0.15) is 0 Å². The van der Waals surface area contributed by atoms with Crippen LogP contribution in [0.4, 0.5) is 11.4 Å². The molecular formula is C16H15BrN2O2S. The van der Waals surface area contributed by atoms with Gasteiger partial charge in [-0.15, -0.1) is 11.3 Å². The Balaban J connectivity index is 1.69. The van der Waals surface area contributed by atoms with Gasteiger partial charge in [-0.3, -0.25) is 9.59 Å². The number of carbonyl (C=O) groups is 2. The van der Waals surface area contributed by atoms with Gasteiger partial charge in [-0.2, -0.15) is 0 Å². The van der Waals surface area contributed by atoms with Crippen LogP contribution in [0.3, 0.4) is 0 Å². The first-order valence-electron chi connectivity index (χ1n) is 7.09. The molecule has 0 saturated carbocycles. The van der Waals surface area contributed by atoms with Crippen LogP contribution in [-0.4, -0.2) is 18.4 Å². The number of nitrogens with one attached hydrogen (secondary N) is 1. The number of carbonyl (C=O) groups excluding carboxylic acids is 2. The van der Waals surface area contributed by atoms with Gasteiger partial charge in [0, 0.05) is 34.2 Å². The summed E-state index contributed by atoms with van der Waals surface area (Å²) in [5.74, 6) is 0.0453. The van der Waals surface area contributed by atoms with Crippen LogP contribution >= 0.6 is 27.3 Å². The van der Waals surface area contributed by atoms with Crippen LogP contribution in [0.15, 0.2) is 40.2 Å². The van der Waals surface area contributed by atoms with E-state index in [1.165, 1.54) is 11.3 Å². The minimum absolute atomic E-state index is 0.127. The second-order valence-electron chi connectivity index (χ2n) is 5.13. The first-order valence-corrected chi connectivity index (χ1v) is 8.76. The first-order chi connectivity index (χ1) is 10.6. The van der Waals surface area contributed by atoms with E-state index in [2.05, 4.69) is 21.2 Å². The van der Waals surface area contributed by atoms with Crippen molar-refractivity contribution in [2.75, 3.05) is 16.8 Å². The van der Waals surface area contributed by atoms with E-state index in [1.807, 2.05) is 34.5 Å². The van der Waals surface area contributed by atoms with E-state index in [9.17, 15) is 9.59 Å². The number of halogens is 1. The molecule has 1 aromatic carbocycles. The van der Waals surface area contributed by atoms with Crippen LogP contribution in [0, 0.1) is 0 Å². The normalized spacial score (nSPS) is 15.0. The lowest BCUT2D eigenvalue weighted by molar-refractivity contribution is -0.119. The zero-order chi connectivity index (χ0) is 15.5. The van der Waals surface area contributed by atoms with Gasteiger partial charge in [0.05, 0.1) is 4.88 Å². The third-order valence-corrected chi connectivity index (χ3v) is 5.24. The van der Waals surface area contributed by atoms with E-state index in [-0.39, 0.29) is 11.8 Å². The van der Waals surface area contributed by atoms with Crippen molar-refractivity contribution in [3.05, 3.63) is 45.1 Å². The maximum absolute atomic E-state index is 12.1. The number of amides is 2. The second-order valence-corrected chi connectivity index (χ2v) is 6.96. The molecule has 2 aromatic rings. The number of thiophene rings is 1. The lowest BCUT2D eigenvalue weighted by Crippen LogP contribution is -2.35. The Morgan fingerprint density at radius 3 is 2.64 bits per heavy atom. The first kappa shape index (κ1) is 15.2. The van der Waals surface area contributed by atoms with Crippen molar-refractivity contribution in [1.82, 2.24) is 0 Å². The lowest BCUT2D eigenvalue weighted by atomic mass is 10.1. The minimum atomic E-state index is -0.127. The third kappa shape index (κ3) is 3.39. The molecule has 2 amide bonds. The molecule has 6 heteroatoms. The maximum Gasteiger partial charge on any atom is 0.265 e. The number of rotatable bonds is 3. The van der Waals surface area contributed by atoms with Crippen molar-refractivity contribution >= 4 is 50.5 Å². The predicted molar refractivity (Wildman–Crippen MR) is 92.6 cm³/mol. The number of hydrogen-bond donors (Lipinski definition) is 1. The van der Waals surface area contributed by atoms with Gasteiger partial charge in [-0.25, -0.2) is 0 Å². The fraction of sp³-hybridized carbons (Fsp3) is 0.250. The summed E-state index contributed by atoms with van der Waals surface area (Å²) < 4.78 is 0.904. The lowest BCUT2D eigenvalue weighted by Gasteiger charge is -2.26. The monoisotopic (exact) mass is 378 g/mol. The van der Waals surface area contributed by atoms with Crippen molar-refractivity contribution in [3.8, 4) is 0 Å². The molecular weight excluding hydrogens is 364 g/mol. The van der Waals surface area contributed by atoms with E-state index in [4.69, 9.17) is 0 Å². The number of nitrogens with zero attached hydrogens (tertiary/aromatic N) is 1. The molecule has 1 aliphatic heterocycles. The molecule has 4 nitrogen and oxygen atoms in total. The second kappa shape index (κ2) is 6.62. The van der Waals surface area contributed by atoms with Crippen LogP contribution in [-0.2, 0) is 4.79 Å². The van der Waals surface area contributed by atoms with Gasteiger partial charge in [-0.1, -0.05) is 0 Å². The molecule has 0 atom stereocenters. The molecule has 22 heavy (non-hydrogen) atoms. The molecule has 2 heterocycles. The Hall–Kier alpha value is -1.66. The van der Waals surface area contributed by atoms with Gasteiger partial charge < -0.3 is 10.2 Å². The summed E-state index contributed by atoms with van der Waals surface area (Å²) in [6.07, 6.45) is 2.63. The summed E-state index contributed by atoms with van der Waals surface area (Å²) >= 11 is 4.73. The van der Waals surface area contributed by atoms with E-state index in [1.54, 1.807) is 6.07 Å². The molecule has 0 bridgehead atoms. The van der Waals surface area contributed by atoms with Gasteiger partial charge in [-0.05, 0) is 59.1 Å². The SMILES string of the molecule is O=C(Nc1ccc(N2CCCCC2=O)cc1)c1cc(Br)cs1. The molecule has 1 fully saturated rings. The Labute approximate surface area is 141 Å². The van der Waals surface area contributed by atoms with Gasteiger partial charge in [0.25, 0.3) is 5.91 Å². The van der Waals surface area contributed by atoms with Gasteiger partial charge >= 0.3 is 0 Å². The summed E-state index contributed by atoms with van der Waals surface area (Å²) in [6.45, 7) is 0.772. The summed E-state index contributed by atoms with van der Waals surface area (Å²) in [4.78, 5) is 26.4. The topological polar surface area (TPSA) is 49.4 Å². The summed E-state index contributed by atoms with van der Waals surface area (Å²) in [5, 5.41) is 4.74. The van der Waals surface area contributed by atoms with E-state index in [0.29, 0.717) is 11.3 Å².